The van der Waals surface area contributed by atoms with Crippen LogP contribution < -0.4 is 4.90 Å². The molecule has 2 aromatic heterocycles. The molecule has 0 saturated carbocycles. The number of anilines is 3. The molecule has 0 saturated heterocycles. The van der Waals surface area contributed by atoms with Gasteiger partial charge in [0.1, 0.15) is 5.82 Å². The van der Waals surface area contributed by atoms with Gasteiger partial charge < -0.3 is 14.0 Å². The van der Waals surface area contributed by atoms with E-state index in [1.807, 2.05) is 12.1 Å². The summed E-state index contributed by atoms with van der Waals surface area (Å²) in [6, 6.07) is 67.2. The maximum Gasteiger partial charge on any atom is 0.123 e. The van der Waals surface area contributed by atoms with E-state index in [1.165, 1.54) is 33.7 Å². The second-order valence-electron chi connectivity index (χ2n) is 13.1. The number of hydrogen-bond donors (Lipinski definition) is 0. The van der Waals surface area contributed by atoms with Crippen molar-refractivity contribution in [1.29, 1.82) is 0 Å². The van der Waals surface area contributed by atoms with E-state index in [0.717, 1.165) is 61.6 Å². The van der Waals surface area contributed by atoms with Gasteiger partial charge in [-0.2, -0.15) is 0 Å². The highest BCUT2D eigenvalue weighted by Crippen LogP contribution is 2.45. The fraction of sp³-hybridized carbons (Fsp3) is 0. The summed E-state index contributed by atoms with van der Waals surface area (Å²) in [5, 5.41) is 4.78. The van der Waals surface area contributed by atoms with Gasteiger partial charge in [-0.25, -0.2) is 4.39 Å². The molecule has 52 heavy (non-hydrogen) atoms. The minimum atomic E-state index is -0.246. The third-order valence-corrected chi connectivity index (χ3v) is 10.1. The van der Waals surface area contributed by atoms with Crippen LogP contribution in [0.15, 0.2) is 194 Å². The molecule has 0 radical (unpaired) electrons. The lowest BCUT2D eigenvalue weighted by Crippen LogP contribution is -2.12. The molecule has 0 amide bonds. The molecular weight excluding hydrogens is 638 g/mol. The topological polar surface area (TPSA) is 13.1 Å². The summed E-state index contributed by atoms with van der Waals surface area (Å²) in [4.78, 5) is 2.38. The van der Waals surface area contributed by atoms with Crippen molar-refractivity contribution in [2.24, 2.45) is 0 Å². The number of nitrogens with zero attached hydrogens (tertiary/aromatic N) is 3. The van der Waals surface area contributed by atoms with Crippen molar-refractivity contribution in [3.63, 3.8) is 0 Å². The zero-order valence-corrected chi connectivity index (χ0v) is 28.2. The summed E-state index contributed by atoms with van der Waals surface area (Å²) in [5.41, 5.74) is 11.8. The maximum atomic E-state index is 14.0. The Hall–Kier alpha value is -6.91. The molecule has 10 rings (SSSR count). The molecule has 246 valence electrons. The number of halogens is 1. The van der Waals surface area contributed by atoms with E-state index in [9.17, 15) is 4.39 Å². The van der Waals surface area contributed by atoms with Gasteiger partial charge in [0, 0.05) is 44.3 Å². The number of benzene rings is 8. The van der Waals surface area contributed by atoms with Crippen LogP contribution in [0.4, 0.5) is 21.5 Å². The maximum absolute atomic E-state index is 14.0. The Kier molecular flexibility index (Phi) is 7.00. The standard InChI is InChI=1S/C48H32FN3/c49-35-27-25-33(26-28-35)34-13-11-18-38(31-34)50(39-29-30-42-40-19-7-9-22-44(40)51(47(42)32-39)36-14-3-1-4-15-36)46-24-12-21-43-41-20-8-10-23-45(41)52(48(43)46)37-16-5-2-6-17-37/h1-32H. The van der Waals surface area contributed by atoms with Gasteiger partial charge in [-0.15, -0.1) is 0 Å². The summed E-state index contributed by atoms with van der Waals surface area (Å²) in [6.07, 6.45) is 0. The number of rotatable bonds is 6. The fourth-order valence-corrected chi connectivity index (χ4v) is 7.87. The largest absolute Gasteiger partial charge is 0.309 e. The monoisotopic (exact) mass is 669 g/mol. The highest BCUT2D eigenvalue weighted by atomic mass is 19.1. The summed E-state index contributed by atoms with van der Waals surface area (Å²) >= 11 is 0. The number of hydrogen-bond acceptors (Lipinski definition) is 1. The first kappa shape index (κ1) is 30.0. The summed E-state index contributed by atoms with van der Waals surface area (Å²) in [7, 11) is 0. The molecule has 0 spiro atoms. The van der Waals surface area contributed by atoms with Gasteiger partial charge in [0.25, 0.3) is 0 Å². The van der Waals surface area contributed by atoms with Gasteiger partial charge in [-0.1, -0.05) is 115 Å². The minimum Gasteiger partial charge on any atom is -0.309 e. The van der Waals surface area contributed by atoms with E-state index in [4.69, 9.17) is 0 Å². The smallest absolute Gasteiger partial charge is 0.123 e. The predicted octanol–water partition coefficient (Wildman–Crippen LogP) is 13.2. The van der Waals surface area contributed by atoms with Gasteiger partial charge in [0.05, 0.1) is 27.8 Å². The van der Waals surface area contributed by atoms with Crippen LogP contribution in [-0.4, -0.2) is 9.13 Å². The fourth-order valence-electron chi connectivity index (χ4n) is 7.87. The molecule has 0 fully saturated rings. The van der Waals surface area contributed by atoms with E-state index < -0.39 is 0 Å². The molecule has 0 unspecified atom stereocenters. The van der Waals surface area contributed by atoms with Crippen LogP contribution in [-0.2, 0) is 0 Å². The number of aromatic nitrogens is 2. The van der Waals surface area contributed by atoms with Crippen molar-refractivity contribution in [3.05, 3.63) is 200 Å². The zero-order chi connectivity index (χ0) is 34.6. The second kappa shape index (κ2) is 12.1. The first-order valence-electron chi connectivity index (χ1n) is 17.6. The van der Waals surface area contributed by atoms with Crippen molar-refractivity contribution in [2.75, 3.05) is 4.90 Å². The van der Waals surface area contributed by atoms with Crippen LogP contribution in [0.25, 0.3) is 66.1 Å². The molecule has 0 N–H and O–H groups in total. The lowest BCUT2D eigenvalue weighted by Gasteiger charge is -2.28. The Morgan fingerprint density at radius 2 is 0.923 bits per heavy atom. The van der Waals surface area contributed by atoms with Crippen molar-refractivity contribution >= 4 is 60.7 Å². The van der Waals surface area contributed by atoms with E-state index in [1.54, 1.807) is 0 Å². The lowest BCUT2D eigenvalue weighted by molar-refractivity contribution is 0.628. The van der Waals surface area contributed by atoms with E-state index >= 15 is 0 Å². The highest BCUT2D eigenvalue weighted by Gasteiger charge is 2.23. The van der Waals surface area contributed by atoms with Crippen LogP contribution in [0.5, 0.6) is 0 Å². The van der Waals surface area contributed by atoms with Crippen molar-refractivity contribution in [1.82, 2.24) is 9.13 Å². The quantitative estimate of drug-likeness (QED) is 0.172. The van der Waals surface area contributed by atoms with Gasteiger partial charge in [0.15, 0.2) is 0 Å². The molecule has 2 heterocycles. The molecule has 0 aliphatic heterocycles. The van der Waals surface area contributed by atoms with E-state index in [2.05, 4.69) is 184 Å². The molecule has 0 atom stereocenters. The van der Waals surface area contributed by atoms with Crippen LogP contribution in [0.3, 0.4) is 0 Å². The number of para-hydroxylation sites is 5. The average Bonchev–Trinajstić information content (AvgIpc) is 3.72. The zero-order valence-electron chi connectivity index (χ0n) is 28.2. The SMILES string of the molecule is Fc1ccc(-c2cccc(N(c3ccc4c5ccccc5n(-c5ccccc5)c4c3)c3cccc4c5ccccc5n(-c5ccccc5)c34)c2)cc1. The van der Waals surface area contributed by atoms with Crippen LogP contribution >= 0.6 is 0 Å². The van der Waals surface area contributed by atoms with Gasteiger partial charge in [-0.05, 0) is 90.0 Å². The minimum absolute atomic E-state index is 0.246. The third kappa shape index (κ3) is 4.80. The predicted molar refractivity (Wildman–Crippen MR) is 215 cm³/mol. The first-order chi connectivity index (χ1) is 25.7. The Bertz CT molecular complexity index is 2900. The molecule has 8 aromatic carbocycles. The Labute approximate surface area is 300 Å². The first-order valence-corrected chi connectivity index (χ1v) is 17.6. The van der Waals surface area contributed by atoms with Gasteiger partial charge in [0.2, 0.25) is 0 Å². The highest BCUT2D eigenvalue weighted by molar-refractivity contribution is 6.15. The third-order valence-electron chi connectivity index (χ3n) is 10.1. The molecule has 10 aromatic rings. The molecule has 0 aliphatic rings. The van der Waals surface area contributed by atoms with Crippen LogP contribution in [0.1, 0.15) is 0 Å². The molecule has 4 heteroatoms. The lowest BCUT2D eigenvalue weighted by atomic mass is 10.0. The summed E-state index contributed by atoms with van der Waals surface area (Å²) in [6.45, 7) is 0. The van der Waals surface area contributed by atoms with Crippen molar-refractivity contribution in [2.45, 2.75) is 0 Å². The molecule has 0 aliphatic carbocycles. The van der Waals surface area contributed by atoms with Crippen LogP contribution in [0, 0.1) is 5.82 Å². The average molecular weight is 670 g/mol. The van der Waals surface area contributed by atoms with Crippen molar-refractivity contribution < 1.29 is 4.39 Å². The molecular formula is C48H32FN3. The van der Waals surface area contributed by atoms with Gasteiger partial charge >= 0.3 is 0 Å². The van der Waals surface area contributed by atoms with Gasteiger partial charge in [-0.3, -0.25) is 0 Å². The van der Waals surface area contributed by atoms with Crippen LogP contribution in [0.2, 0.25) is 0 Å². The Morgan fingerprint density at radius 1 is 0.365 bits per heavy atom. The van der Waals surface area contributed by atoms with Crippen molar-refractivity contribution in [3.8, 4) is 22.5 Å². The van der Waals surface area contributed by atoms with E-state index in [0.29, 0.717) is 0 Å². The summed E-state index contributed by atoms with van der Waals surface area (Å²) < 4.78 is 18.8. The molecule has 0 bridgehead atoms. The molecule has 3 nitrogen and oxygen atoms in total. The Morgan fingerprint density at radius 3 is 1.65 bits per heavy atom. The normalized spacial score (nSPS) is 11.6. The summed E-state index contributed by atoms with van der Waals surface area (Å²) in [5.74, 6) is -0.246. The number of fused-ring (bicyclic) bond motifs is 6. The Balaban J connectivity index is 1.30. The van der Waals surface area contributed by atoms with E-state index in [-0.39, 0.29) is 5.82 Å². The second-order valence-corrected chi connectivity index (χ2v) is 13.1.